The summed E-state index contributed by atoms with van der Waals surface area (Å²) in [5.74, 6) is -1.82. The van der Waals surface area contributed by atoms with Crippen LogP contribution in [0, 0.1) is 0 Å². The highest BCUT2D eigenvalue weighted by Gasteiger charge is 2.08. The van der Waals surface area contributed by atoms with Gasteiger partial charge in [-0.2, -0.15) is 0 Å². The van der Waals surface area contributed by atoms with Gasteiger partial charge in [-0.15, -0.1) is 0 Å². The highest BCUT2D eigenvalue weighted by atomic mass is 35.5. The Morgan fingerprint density at radius 3 is 2.20 bits per heavy atom. The van der Waals surface area contributed by atoms with Crippen LogP contribution in [0.15, 0.2) is 18.2 Å². The van der Waals surface area contributed by atoms with Gasteiger partial charge in [-0.05, 0) is 18.2 Å². The van der Waals surface area contributed by atoms with Crippen LogP contribution in [0.25, 0.3) is 0 Å². The molecular formula is C9H7Cl2NO3. The second kappa shape index (κ2) is 5.00. The minimum atomic E-state index is -1.19. The number of hydrogen-bond donors (Lipinski definition) is 2. The number of benzene rings is 1. The molecule has 0 saturated carbocycles. The zero-order valence-electron chi connectivity index (χ0n) is 7.46. The van der Waals surface area contributed by atoms with Crippen molar-refractivity contribution >= 4 is 40.8 Å². The van der Waals surface area contributed by atoms with Gasteiger partial charge in [-0.3, -0.25) is 9.59 Å². The summed E-state index contributed by atoms with van der Waals surface area (Å²) in [6.07, 6.45) is -0.593. The van der Waals surface area contributed by atoms with Gasteiger partial charge >= 0.3 is 5.97 Å². The van der Waals surface area contributed by atoms with E-state index < -0.39 is 18.3 Å². The van der Waals surface area contributed by atoms with E-state index in [-0.39, 0.29) is 0 Å². The number of carbonyl (C=O) groups is 2. The van der Waals surface area contributed by atoms with Gasteiger partial charge in [-0.25, -0.2) is 0 Å². The fourth-order valence-corrected chi connectivity index (χ4v) is 1.49. The Bertz CT molecular complexity index is 386. The first kappa shape index (κ1) is 11.8. The van der Waals surface area contributed by atoms with Crippen molar-refractivity contribution in [2.75, 3.05) is 5.32 Å². The summed E-state index contributed by atoms with van der Waals surface area (Å²) in [5.41, 5.74) is 0.374. The van der Waals surface area contributed by atoms with Crippen LogP contribution in [-0.2, 0) is 9.59 Å². The first-order valence-corrected chi connectivity index (χ1v) is 4.70. The maximum Gasteiger partial charge on any atom is 0.312 e. The molecule has 0 aliphatic carbocycles. The van der Waals surface area contributed by atoms with E-state index in [9.17, 15) is 9.59 Å². The molecule has 0 heterocycles. The standard InChI is InChI=1S/C9H7Cl2NO3/c10-5-1-6(11)3-7(2-5)12-8(13)4-9(14)15/h1-3H,4H2,(H,12,13)(H,14,15). The number of nitrogens with one attached hydrogen (secondary N) is 1. The Morgan fingerprint density at radius 1 is 1.20 bits per heavy atom. The fourth-order valence-electron chi connectivity index (χ4n) is 0.969. The predicted octanol–water partition coefficient (Wildman–Crippen LogP) is 2.41. The van der Waals surface area contributed by atoms with Crippen LogP contribution in [0.4, 0.5) is 5.69 Å². The van der Waals surface area contributed by atoms with Gasteiger partial charge in [-0.1, -0.05) is 23.2 Å². The van der Waals surface area contributed by atoms with E-state index in [2.05, 4.69) is 5.32 Å². The minimum absolute atomic E-state index is 0.369. The molecule has 0 atom stereocenters. The zero-order valence-corrected chi connectivity index (χ0v) is 8.97. The van der Waals surface area contributed by atoms with Crippen LogP contribution in [0.2, 0.25) is 10.0 Å². The molecule has 0 unspecified atom stereocenters. The molecule has 1 rings (SSSR count). The van der Waals surface area contributed by atoms with E-state index >= 15 is 0 Å². The Balaban J connectivity index is 2.72. The van der Waals surface area contributed by atoms with Crippen molar-refractivity contribution in [2.24, 2.45) is 0 Å². The Labute approximate surface area is 95.8 Å². The fraction of sp³-hybridized carbons (Fsp3) is 0.111. The van der Waals surface area contributed by atoms with Crippen LogP contribution in [0.3, 0.4) is 0 Å². The highest BCUT2D eigenvalue weighted by molar-refractivity contribution is 6.35. The summed E-state index contributed by atoms with van der Waals surface area (Å²) in [6.45, 7) is 0. The third kappa shape index (κ3) is 4.18. The van der Waals surface area contributed by atoms with Crippen molar-refractivity contribution in [3.8, 4) is 0 Å². The summed E-state index contributed by atoms with van der Waals surface area (Å²) in [7, 11) is 0. The van der Waals surface area contributed by atoms with E-state index in [4.69, 9.17) is 28.3 Å². The molecule has 1 aromatic rings. The second-order valence-electron chi connectivity index (χ2n) is 2.78. The average molecular weight is 248 g/mol. The third-order valence-corrected chi connectivity index (χ3v) is 1.89. The maximum absolute atomic E-state index is 11.1. The lowest BCUT2D eigenvalue weighted by Crippen LogP contribution is -2.15. The van der Waals surface area contributed by atoms with Crippen LogP contribution in [-0.4, -0.2) is 17.0 Å². The number of aliphatic carboxylic acids is 1. The first-order chi connectivity index (χ1) is 6.97. The van der Waals surface area contributed by atoms with Gasteiger partial charge in [0, 0.05) is 15.7 Å². The van der Waals surface area contributed by atoms with E-state index in [0.29, 0.717) is 15.7 Å². The molecule has 0 bridgehead atoms. The molecule has 0 radical (unpaired) electrons. The lowest BCUT2D eigenvalue weighted by molar-refractivity contribution is -0.139. The second-order valence-corrected chi connectivity index (χ2v) is 3.65. The molecule has 0 aromatic heterocycles. The van der Waals surface area contributed by atoms with E-state index in [0.717, 1.165) is 0 Å². The molecule has 2 N–H and O–H groups in total. The molecule has 1 aromatic carbocycles. The molecule has 0 fully saturated rings. The SMILES string of the molecule is O=C(O)CC(=O)Nc1cc(Cl)cc(Cl)c1. The van der Waals surface area contributed by atoms with Crippen LogP contribution >= 0.6 is 23.2 Å². The van der Waals surface area contributed by atoms with Crippen molar-refractivity contribution < 1.29 is 14.7 Å². The lowest BCUT2D eigenvalue weighted by Gasteiger charge is -2.04. The van der Waals surface area contributed by atoms with E-state index in [1.54, 1.807) is 0 Å². The summed E-state index contributed by atoms with van der Waals surface area (Å²) in [4.78, 5) is 21.3. The molecule has 0 aliphatic heterocycles. The van der Waals surface area contributed by atoms with Gasteiger partial charge in [0.2, 0.25) is 5.91 Å². The van der Waals surface area contributed by atoms with E-state index in [1.807, 2.05) is 0 Å². The van der Waals surface area contributed by atoms with Crippen molar-refractivity contribution in [3.05, 3.63) is 28.2 Å². The number of hydrogen-bond acceptors (Lipinski definition) is 2. The van der Waals surface area contributed by atoms with Crippen molar-refractivity contribution in [2.45, 2.75) is 6.42 Å². The molecule has 0 saturated heterocycles. The maximum atomic E-state index is 11.1. The smallest absolute Gasteiger partial charge is 0.312 e. The largest absolute Gasteiger partial charge is 0.481 e. The van der Waals surface area contributed by atoms with Gasteiger partial charge in [0.1, 0.15) is 6.42 Å². The zero-order chi connectivity index (χ0) is 11.4. The monoisotopic (exact) mass is 247 g/mol. The van der Waals surface area contributed by atoms with Crippen molar-refractivity contribution in [3.63, 3.8) is 0 Å². The number of halogens is 2. The predicted molar refractivity (Wildman–Crippen MR) is 57.3 cm³/mol. The van der Waals surface area contributed by atoms with Crippen molar-refractivity contribution in [1.29, 1.82) is 0 Å². The Kier molecular flexibility index (Phi) is 3.94. The molecule has 80 valence electrons. The average Bonchev–Trinajstić information content (AvgIpc) is 1.98. The lowest BCUT2D eigenvalue weighted by atomic mass is 10.3. The number of carboxylic acid groups (broad SMARTS) is 1. The third-order valence-electron chi connectivity index (χ3n) is 1.46. The number of amides is 1. The molecule has 4 nitrogen and oxygen atoms in total. The van der Waals surface area contributed by atoms with Gasteiger partial charge in [0.25, 0.3) is 0 Å². The van der Waals surface area contributed by atoms with Crippen LogP contribution in [0.5, 0.6) is 0 Å². The molecule has 0 spiro atoms. The number of rotatable bonds is 3. The Hall–Kier alpha value is -1.26. The van der Waals surface area contributed by atoms with Gasteiger partial charge < -0.3 is 10.4 Å². The normalized spacial score (nSPS) is 9.73. The highest BCUT2D eigenvalue weighted by Crippen LogP contribution is 2.22. The summed E-state index contributed by atoms with van der Waals surface area (Å²) in [5, 5.41) is 11.5. The van der Waals surface area contributed by atoms with Crippen LogP contribution in [0.1, 0.15) is 6.42 Å². The summed E-state index contributed by atoms with van der Waals surface area (Å²) >= 11 is 11.4. The molecular weight excluding hydrogens is 241 g/mol. The molecule has 6 heteroatoms. The van der Waals surface area contributed by atoms with Gasteiger partial charge in [0.15, 0.2) is 0 Å². The summed E-state index contributed by atoms with van der Waals surface area (Å²) in [6, 6.07) is 4.47. The quantitative estimate of drug-likeness (QED) is 0.807. The first-order valence-electron chi connectivity index (χ1n) is 3.95. The van der Waals surface area contributed by atoms with Gasteiger partial charge in [0.05, 0.1) is 0 Å². The topological polar surface area (TPSA) is 66.4 Å². The summed E-state index contributed by atoms with van der Waals surface area (Å²) < 4.78 is 0. The Morgan fingerprint density at radius 2 is 1.73 bits per heavy atom. The minimum Gasteiger partial charge on any atom is -0.481 e. The van der Waals surface area contributed by atoms with Crippen molar-refractivity contribution in [1.82, 2.24) is 0 Å². The number of anilines is 1. The van der Waals surface area contributed by atoms with E-state index in [1.165, 1.54) is 18.2 Å². The molecule has 0 aliphatic rings. The van der Waals surface area contributed by atoms with Crippen LogP contribution < -0.4 is 5.32 Å². The number of carbonyl (C=O) groups excluding carboxylic acids is 1. The number of carboxylic acids is 1. The molecule has 15 heavy (non-hydrogen) atoms. The molecule has 1 amide bonds.